The van der Waals surface area contributed by atoms with Crippen molar-refractivity contribution in [1.29, 1.82) is 0 Å². The van der Waals surface area contributed by atoms with Crippen LogP contribution in [0, 0.1) is 0 Å². The molecule has 0 atom stereocenters. The normalized spacial score (nSPS) is 11.8. The number of aliphatic carboxylic acids is 1. The number of allylic oxidation sites excluding steroid dienone is 2. The topological polar surface area (TPSA) is 120 Å². The maximum Gasteiger partial charge on any atom is 0.324 e. The van der Waals surface area contributed by atoms with Crippen LogP contribution in [0.2, 0.25) is 10.0 Å². The van der Waals surface area contributed by atoms with Gasteiger partial charge in [0.25, 0.3) is 15.9 Å². The molecule has 0 radical (unpaired) electrons. The van der Waals surface area contributed by atoms with Crippen LogP contribution in [0.25, 0.3) is 10.9 Å². The Morgan fingerprint density at radius 1 is 1.11 bits per heavy atom. The number of sulfonamides is 1. The summed E-state index contributed by atoms with van der Waals surface area (Å²) in [7, 11) is -4.33. The third-order valence-corrected chi connectivity index (χ3v) is 7.14. The highest BCUT2D eigenvalue weighted by atomic mass is 35.5. The molecule has 0 aliphatic carbocycles. The van der Waals surface area contributed by atoms with Gasteiger partial charge in [0.2, 0.25) is 0 Å². The van der Waals surface area contributed by atoms with Crippen LogP contribution in [0.1, 0.15) is 10.4 Å². The number of aromatic amines is 1. The Hall–Kier alpha value is -3.53. The lowest BCUT2D eigenvalue weighted by Gasteiger charge is -2.23. The van der Waals surface area contributed by atoms with Crippen molar-refractivity contribution in [3.63, 3.8) is 0 Å². The molecule has 8 nitrogen and oxygen atoms in total. The molecule has 0 aliphatic heterocycles. The van der Waals surface area contributed by atoms with Crippen molar-refractivity contribution in [2.45, 2.75) is 4.90 Å². The van der Waals surface area contributed by atoms with Gasteiger partial charge in [-0.2, -0.15) is 0 Å². The molecule has 1 heterocycles. The number of hydrogen-bond acceptors (Lipinski definition) is 4. The Balaban J connectivity index is 1.98. The van der Waals surface area contributed by atoms with Crippen molar-refractivity contribution in [2.75, 3.05) is 17.4 Å². The number of nitrogens with one attached hydrogen (secondary N) is 2. The van der Waals surface area contributed by atoms with Gasteiger partial charge >= 0.3 is 5.97 Å². The average Bonchev–Trinajstić information content (AvgIpc) is 3.22. The molecule has 2 aromatic carbocycles. The molecule has 0 saturated heterocycles. The highest BCUT2D eigenvalue weighted by Crippen LogP contribution is 2.30. The highest BCUT2D eigenvalue weighted by molar-refractivity contribution is 7.92. The van der Waals surface area contributed by atoms with Crippen LogP contribution in [0.15, 0.2) is 84.4 Å². The standard InChI is InChI=1S/C24H21Cl2N3O5S/c1-3-5-15(4-2)12-28-24(32)21-13-27-22-11-18(6-7-20(21)22)29(14-23(30)31)35(33,34)19-9-16(25)8-17(26)10-19/h3-11,13,27H,1-2,12,14H2,(H,28,32)(H,30,31)/b15-5+. The fourth-order valence-corrected chi connectivity index (χ4v) is 5.46. The number of aromatic nitrogens is 1. The smallest absolute Gasteiger partial charge is 0.324 e. The van der Waals surface area contributed by atoms with Gasteiger partial charge in [0.05, 0.1) is 16.1 Å². The third-order valence-electron chi connectivity index (χ3n) is 4.95. The van der Waals surface area contributed by atoms with E-state index in [-0.39, 0.29) is 33.1 Å². The average molecular weight is 534 g/mol. The highest BCUT2D eigenvalue weighted by Gasteiger charge is 2.28. The molecule has 35 heavy (non-hydrogen) atoms. The Morgan fingerprint density at radius 3 is 2.40 bits per heavy atom. The zero-order valence-corrected chi connectivity index (χ0v) is 20.6. The van der Waals surface area contributed by atoms with Gasteiger partial charge in [-0.05, 0) is 42.0 Å². The number of nitrogens with zero attached hydrogens (tertiary/aromatic N) is 1. The van der Waals surface area contributed by atoms with E-state index < -0.39 is 22.5 Å². The number of hydrogen-bond donors (Lipinski definition) is 3. The van der Waals surface area contributed by atoms with Gasteiger partial charge in [-0.1, -0.05) is 54.6 Å². The number of carbonyl (C=O) groups excluding carboxylic acids is 1. The Labute approximate surface area is 212 Å². The number of carbonyl (C=O) groups is 2. The van der Waals surface area contributed by atoms with Crippen molar-refractivity contribution in [1.82, 2.24) is 10.3 Å². The first kappa shape index (κ1) is 26.1. The summed E-state index contributed by atoms with van der Waals surface area (Å²) in [5, 5.41) is 12.9. The van der Waals surface area contributed by atoms with E-state index in [1.54, 1.807) is 24.3 Å². The summed E-state index contributed by atoms with van der Waals surface area (Å²) in [6.45, 7) is 6.70. The second kappa shape index (κ2) is 10.8. The van der Waals surface area contributed by atoms with Crippen molar-refractivity contribution in [3.8, 4) is 0 Å². The largest absolute Gasteiger partial charge is 0.480 e. The summed E-state index contributed by atoms with van der Waals surface area (Å²) >= 11 is 11.9. The van der Waals surface area contributed by atoms with Gasteiger partial charge in [0.15, 0.2) is 0 Å². The van der Waals surface area contributed by atoms with Crippen molar-refractivity contribution < 1.29 is 23.1 Å². The van der Waals surface area contributed by atoms with Crippen LogP contribution in [0.3, 0.4) is 0 Å². The molecule has 182 valence electrons. The summed E-state index contributed by atoms with van der Waals surface area (Å²) in [5.74, 6) is -1.72. The van der Waals surface area contributed by atoms with E-state index in [2.05, 4.69) is 23.5 Å². The lowest BCUT2D eigenvalue weighted by molar-refractivity contribution is -0.135. The molecule has 0 aliphatic rings. The van der Waals surface area contributed by atoms with Crippen molar-refractivity contribution in [2.24, 2.45) is 0 Å². The van der Waals surface area contributed by atoms with Gasteiger partial charge in [0.1, 0.15) is 6.54 Å². The number of fused-ring (bicyclic) bond motifs is 1. The minimum absolute atomic E-state index is 0.0765. The Morgan fingerprint density at radius 2 is 1.80 bits per heavy atom. The molecule has 0 unspecified atom stereocenters. The number of amides is 1. The molecule has 3 N–H and O–H groups in total. The van der Waals surface area contributed by atoms with Crippen LogP contribution in [0.5, 0.6) is 0 Å². The quantitative estimate of drug-likeness (QED) is 0.324. The van der Waals surface area contributed by atoms with Crippen LogP contribution >= 0.6 is 23.2 Å². The van der Waals surface area contributed by atoms with E-state index in [0.717, 1.165) is 9.88 Å². The van der Waals surface area contributed by atoms with Gasteiger partial charge < -0.3 is 15.4 Å². The lowest BCUT2D eigenvalue weighted by atomic mass is 10.1. The molecule has 1 amide bonds. The van der Waals surface area contributed by atoms with Gasteiger partial charge in [0, 0.05) is 33.7 Å². The molecule has 0 spiro atoms. The Kier molecular flexibility index (Phi) is 8.06. The number of H-pyrrole nitrogens is 1. The summed E-state index contributed by atoms with van der Waals surface area (Å²) in [6.07, 6.45) is 6.40. The first-order valence-electron chi connectivity index (χ1n) is 10.1. The van der Waals surface area contributed by atoms with E-state index in [0.29, 0.717) is 16.5 Å². The fraction of sp³-hybridized carbons (Fsp3) is 0.0833. The number of anilines is 1. The molecular formula is C24H21Cl2N3O5S. The minimum Gasteiger partial charge on any atom is -0.480 e. The van der Waals surface area contributed by atoms with Crippen LogP contribution < -0.4 is 9.62 Å². The van der Waals surface area contributed by atoms with E-state index in [9.17, 15) is 23.1 Å². The molecule has 11 heteroatoms. The monoisotopic (exact) mass is 533 g/mol. The second-order valence-corrected chi connectivity index (χ2v) is 10.0. The first-order chi connectivity index (χ1) is 16.6. The second-order valence-electron chi connectivity index (χ2n) is 7.31. The van der Waals surface area contributed by atoms with Crippen LogP contribution in [-0.2, 0) is 14.8 Å². The number of carboxylic acid groups (broad SMARTS) is 1. The summed E-state index contributed by atoms with van der Waals surface area (Å²) in [5.41, 5.74) is 1.62. The molecule has 0 saturated carbocycles. The Bertz CT molecular complexity index is 1440. The lowest BCUT2D eigenvalue weighted by Crippen LogP contribution is -2.35. The molecule has 1 aromatic heterocycles. The first-order valence-corrected chi connectivity index (χ1v) is 12.3. The zero-order chi connectivity index (χ0) is 25.8. The number of benzene rings is 2. The van der Waals surface area contributed by atoms with Gasteiger partial charge in [-0.25, -0.2) is 8.42 Å². The molecule has 3 aromatic rings. The maximum absolute atomic E-state index is 13.3. The summed E-state index contributed by atoms with van der Waals surface area (Å²) < 4.78 is 27.3. The van der Waals surface area contributed by atoms with Gasteiger partial charge in [-0.3, -0.25) is 13.9 Å². The van der Waals surface area contributed by atoms with E-state index in [1.165, 1.54) is 36.5 Å². The van der Waals surface area contributed by atoms with Crippen LogP contribution in [0.4, 0.5) is 5.69 Å². The third kappa shape index (κ3) is 5.94. The number of rotatable bonds is 10. The fourth-order valence-electron chi connectivity index (χ4n) is 3.33. The van der Waals surface area contributed by atoms with E-state index in [1.807, 2.05) is 0 Å². The zero-order valence-electron chi connectivity index (χ0n) is 18.3. The van der Waals surface area contributed by atoms with Crippen molar-refractivity contribution >= 4 is 61.7 Å². The number of carboxylic acids is 1. The van der Waals surface area contributed by atoms with Crippen LogP contribution in [-0.4, -0.2) is 43.5 Å². The van der Waals surface area contributed by atoms with E-state index >= 15 is 0 Å². The maximum atomic E-state index is 13.3. The number of halogens is 2. The molecular weight excluding hydrogens is 513 g/mol. The summed E-state index contributed by atoms with van der Waals surface area (Å²) in [4.78, 5) is 26.9. The molecule has 0 fully saturated rings. The summed E-state index contributed by atoms with van der Waals surface area (Å²) in [6, 6.07) is 8.15. The van der Waals surface area contributed by atoms with Gasteiger partial charge in [-0.15, -0.1) is 0 Å². The predicted molar refractivity (Wildman–Crippen MR) is 138 cm³/mol. The molecule has 3 rings (SSSR count). The van der Waals surface area contributed by atoms with Crippen molar-refractivity contribution in [3.05, 3.63) is 95.2 Å². The predicted octanol–water partition coefficient (Wildman–Crippen LogP) is 4.78. The minimum atomic E-state index is -4.33. The molecule has 0 bridgehead atoms. The SMILES string of the molecule is C=C/C=C(\C=C)CNC(=O)c1c[nH]c2cc(N(CC(=O)O)S(=O)(=O)c3cc(Cl)cc(Cl)c3)ccc12. The van der Waals surface area contributed by atoms with E-state index in [4.69, 9.17) is 23.2 Å².